The number of non-ortho nitro benzene ring substituents is 1. The maximum absolute atomic E-state index is 11.9. The number of aryl methyl sites for hydroxylation is 2. The number of rotatable bonds is 4. The van der Waals surface area contributed by atoms with Crippen LogP contribution >= 0.6 is 0 Å². The molecule has 0 saturated carbocycles. The number of nitro groups is 1. The Bertz CT molecular complexity index is 806. The summed E-state index contributed by atoms with van der Waals surface area (Å²) in [6.45, 7) is 3.37. The Morgan fingerprint density at radius 3 is 2.38 bits per heavy atom. The van der Waals surface area contributed by atoms with Crippen LogP contribution in [-0.2, 0) is 4.79 Å². The average Bonchev–Trinajstić information content (AvgIpc) is 2.89. The van der Waals surface area contributed by atoms with Gasteiger partial charge in [0.2, 0.25) is 0 Å². The zero-order chi connectivity index (χ0) is 17.7. The van der Waals surface area contributed by atoms with Gasteiger partial charge in [0, 0.05) is 18.2 Å². The first kappa shape index (κ1) is 16.9. The molecule has 8 heteroatoms. The van der Waals surface area contributed by atoms with Crippen molar-refractivity contribution in [2.75, 3.05) is 0 Å². The number of furan rings is 1. The molecule has 124 valence electrons. The summed E-state index contributed by atoms with van der Waals surface area (Å²) in [4.78, 5) is 33.6. The molecule has 0 aliphatic rings. The van der Waals surface area contributed by atoms with Crippen LogP contribution in [0.5, 0.6) is 0 Å². The fraction of sp³-hybridized carbons (Fsp3) is 0.125. The lowest BCUT2D eigenvalue weighted by atomic mass is 10.2. The highest BCUT2D eigenvalue weighted by atomic mass is 16.6. The fourth-order valence-electron chi connectivity index (χ4n) is 1.96. The van der Waals surface area contributed by atoms with Gasteiger partial charge >= 0.3 is 0 Å². The molecule has 0 unspecified atom stereocenters. The van der Waals surface area contributed by atoms with E-state index in [-0.39, 0.29) is 5.69 Å². The summed E-state index contributed by atoms with van der Waals surface area (Å²) in [7, 11) is 0. The molecule has 0 atom stereocenters. The monoisotopic (exact) mass is 329 g/mol. The maximum atomic E-state index is 11.9. The van der Waals surface area contributed by atoms with E-state index in [2.05, 4.69) is 10.9 Å². The summed E-state index contributed by atoms with van der Waals surface area (Å²) in [5.74, 6) is 0.0312. The third-order valence-corrected chi connectivity index (χ3v) is 3.12. The molecule has 8 nitrogen and oxygen atoms in total. The average molecular weight is 329 g/mol. The molecule has 1 heterocycles. The quantitative estimate of drug-likeness (QED) is 0.507. The number of nitro benzene ring substituents is 1. The third kappa shape index (κ3) is 4.29. The van der Waals surface area contributed by atoms with Crippen molar-refractivity contribution in [3.05, 3.63) is 69.2 Å². The standard InChI is InChI=1S/C16H15N3O5/c1-10-9-14(11(2)24-10)16(21)18-17-15(20)8-5-12-3-6-13(7-4-12)19(22)23/h3-9H,1-2H3,(H,17,20)(H,18,21)/b8-5+. The van der Waals surface area contributed by atoms with E-state index in [1.54, 1.807) is 19.9 Å². The van der Waals surface area contributed by atoms with E-state index in [9.17, 15) is 19.7 Å². The van der Waals surface area contributed by atoms with Crippen LogP contribution in [0.25, 0.3) is 6.08 Å². The molecule has 2 aromatic rings. The summed E-state index contributed by atoms with van der Waals surface area (Å²) in [5, 5.41) is 10.5. The second-order valence-corrected chi connectivity index (χ2v) is 4.95. The van der Waals surface area contributed by atoms with Gasteiger partial charge < -0.3 is 4.42 Å². The van der Waals surface area contributed by atoms with Gasteiger partial charge in [-0.15, -0.1) is 0 Å². The normalized spacial score (nSPS) is 10.6. The summed E-state index contributed by atoms with van der Waals surface area (Å²) >= 11 is 0. The summed E-state index contributed by atoms with van der Waals surface area (Å²) in [6, 6.07) is 7.27. The Hall–Kier alpha value is -3.42. The van der Waals surface area contributed by atoms with Crippen molar-refractivity contribution in [2.24, 2.45) is 0 Å². The Balaban J connectivity index is 1.89. The Morgan fingerprint density at radius 2 is 1.83 bits per heavy atom. The van der Waals surface area contributed by atoms with Gasteiger partial charge in [-0.1, -0.05) is 0 Å². The molecular weight excluding hydrogens is 314 g/mol. The molecule has 2 rings (SSSR count). The van der Waals surface area contributed by atoms with E-state index < -0.39 is 16.7 Å². The van der Waals surface area contributed by atoms with Crippen molar-refractivity contribution in [3.8, 4) is 0 Å². The zero-order valence-electron chi connectivity index (χ0n) is 13.0. The number of hydrazine groups is 1. The van der Waals surface area contributed by atoms with E-state index in [0.717, 1.165) is 0 Å². The lowest BCUT2D eigenvalue weighted by Crippen LogP contribution is -2.40. The molecule has 1 aromatic carbocycles. The molecule has 2 amide bonds. The highest BCUT2D eigenvalue weighted by molar-refractivity contribution is 5.98. The van der Waals surface area contributed by atoms with Crippen molar-refractivity contribution >= 4 is 23.6 Å². The molecule has 1 aromatic heterocycles. The fourth-order valence-corrected chi connectivity index (χ4v) is 1.96. The van der Waals surface area contributed by atoms with Crippen LogP contribution < -0.4 is 10.9 Å². The Morgan fingerprint density at radius 1 is 1.17 bits per heavy atom. The Kier molecular flexibility index (Phi) is 5.10. The van der Waals surface area contributed by atoms with Crippen LogP contribution in [0.15, 0.2) is 40.8 Å². The lowest BCUT2D eigenvalue weighted by Gasteiger charge is -2.04. The van der Waals surface area contributed by atoms with Crippen LogP contribution in [-0.4, -0.2) is 16.7 Å². The van der Waals surface area contributed by atoms with E-state index in [1.165, 1.54) is 36.4 Å². The number of benzene rings is 1. The van der Waals surface area contributed by atoms with Crippen LogP contribution in [0, 0.1) is 24.0 Å². The molecule has 0 spiro atoms. The molecule has 0 bridgehead atoms. The van der Waals surface area contributed by atoms with Crippen molar-refractivity contribution in [1.82, 2.24) is 10.9 Å². The molecule has 24 heavy (non-hydrogen) atoms. The Labute approximate surface area is 137 Å². The van der Waals surface area contributed by atoms with E-state index >= 15 is 0 Å². The van der Waals surface area contributed by atoms with Crippen molar-refractivity contribution in [2.45, 2.75) is 13.8 Å². The molecule has 2 N–H and O–H groups in total. The number of nitrogens with one attached hydrogen (secondary N) is 2. The van der Waals surface area contributed by atoms with Gasteiger partial charge in [0.1, 0.15) is 11.5 Å². The van der Waals surface area contributed by atoms with Gasteiger partial charge in [-0.3, -0.25) is 30.6 Å². The van der Waals surface area contributed by atoms with Gasteiger partial charge in [-0.2, -0.15) is 0 Å². The first-order valence-electron chi connectivity index (χ1n) is 6.96. The third-order valence-electron chi connectivity index (χ3n) is 3.12. The molecule has 0 aliphatic carbocycles. The second kappa shape index (κ2) is 7.23. The SMILES string of the molecule is Cc1cc(C(=O)NNC(=O)/C=C/c2ccc([N+](=O)[O-])cc2)c(C)o1. The van der Waals surface area contributed by atoms with Gasteiger partial charge in [0.25, 0.3) is 17.5 Å². The van der Waals surface area contributed by atoms with E-state index in [4.69, 9.17) is 4.42 Å². The largest absolute Gasteiger partial charge is 0.466 e. The van der Waals surface area contributed by atoms with Crippen molar-refractivity contribution in [3.63, 3.8) is 0 Å². The number of amides is 2. The van der Waals surface area contributed by atoms with E-state index in [1.807, 2.05) is 0 Å². The minimum Gasteiger partial charge on any atom is -0.466 e. The molecule has 0 saturated heterocycles. The highest BCUT2D eigenvalue weighted by Crippen LogP contribution is 2.13. The number of carbonyl (C=O) groups is 2. The minimum absolute atomic E-state index is 0.0327. The molecule has 0 radical (unpaired) electrons. The first-order chi connectivity index (χ1) is 11.4. The topological polar surface area (TPSA) is 114 Å². The molecule has 0 aliphatic heterocycles. The summed E-state index contributed by atoms with van der Waals surface area (Å²) in [6.07, 6.45) is 2.67. The van der Waals surface area contributed by atoms with Crippen LogP contribution in [0.2, 0.25) is 0 Å². The number of hydrogen-bond donors (Lipinski definition) is 2. The van der Waals surface area contributed by atoms with Gasteiger partial charge in [-0.25, -0.2) is 0 Å². The van der Waals surface area contributed by atoms with Crippen LogP contribution in [0.4, 0.5) is 5.69 Å². The lowest BCUT2D eigenvalue weighted by molar-refractivity contribution is -0.384. The minimum atomic E-state index is -0.542. The van der Waals surface area contributed by atoms with Gasteiger partial charge in [0.15, 0.2) is 0 Å². The molecular formula is C16H15N3O5. The predicted molar refractivity (Wildman–Crippen MR) is 85.9 cm³/mol. The van der Waals surface area contributed by atoms with Crippen molar-refractivity contribution in [1.29, 1.82) is 0 Å². The number of nitrogens with zero attached hydrogens (tertiary/aromatic N) is 1. The highest BCUT2D eigenvalue weighted by Gasteiger charge is 2.13. The summed E-state index contributed by atoms with van der Waals surface area (Å²) in [5.41, 5.74) is 5.44. The maximum Gasteiger partial charge on any atom is 0.273 e. The zero-order valence-corrected chi connectivity index (χ0v) is 13.0. The first-order valence-corrected chi connectivity index (χ1v) is 6.96. The second-order valence-electron chi connectivity index (χ2n) is 4.95. The summed E-state index contributed by atoms with van der Waals surface area (Å²) < 4.78 is 5.24. The number of carbonyl (C=O) groups excluding carboxylic acids is 2. The van der Waals surface area contributed by atoms with Gasteiger partial charge in [-0.05, 0) is 43.7 Å². The smallest absolute Gasteiger partial charge is 0.273 e. The van der Waals surface area contributed by atoms with Gasteiger partial charge in [0.05, 0.1) is 10.5 Å². The van der Waals surface area contributed by atoms with E-state index in [0.29, 0.717) is 22.6 Å². The predicted octanol–water partition coefficient (Wildman–Crippen LogP) is 2.28. The van der Waals surface area contributed by atoms with Crippen LogP contribution in [0.1, 0.15) is 27.4 Å². The van der Waals surface area contributed by atoms with Crippen LogP contribution in [0.3, 0.4) is 0 Å². The molecule has 0 fully saturated rings. The van der Waals surface area contributed by atoms with Crippen molar-refractivity contribution < 1.29 is 18.9 Å². The number of hydrogen-bond acceptors (Lipinski definition) is 5.